The lowest BCUT2D eigenvalue weighted by Gasteiger charge is -2.35. The van der Waals surface area contributed by atoms with Gasteiger partial charge in [-0.05, 0) is 54.9 Å². The van der Waals surface area contributed by atoms with Gasteiger partial charge in [0, 0.05) is 62.8 Å². The molecule has 0 spiro atoms. The van der Waals surface area contributed by atoms with Gasteiger partial charge in [0.1, 0.15) is 0 Å². The molecule has 0 unspecified atom stereocenters. The lowest BCUT2D eigenvalue weighted by molar-refractivity contribution is 0.0342. The number of ether oxygens (including phenoxy) is 1. The third-order valence-corrected chi connectivity index (χ3v) is 6.34. The Kier molecular flexibility index (Phi) is 7.22. The second kappa shape index (κ2) is 10.3. The van der Waals surface area contributed by atoms with Crippen LogP contribution < -0.4 is 10.2 Å². The van der Waals surface area contributed by atoms with Crippen LogP contribution in [0.3, 0.4) is 0 Å². The molecule has 2 aliphatic heterocycles. The van der Waals surface area contributed by atoms with Crippen LogP contribution in [0.2, 0.25) is 0 Å². The number of amides is 1. The highest BCUT2D eigenvalue weighted by Gasteiger charge is 2.17. The molecule has 4 rings (SSSR count). The second-order valence-corrected chi connectivity index (χ2v) is 8.46. The van der Waals surface area contributed by atoms with E-state index in [4.69, 9.17) is 4.74 Å². The quantitative estimate of drug-likeness (QED) is 0.775. The summed E-state index contributed by atoms with van der Waals surface area (Å²) in [5, 5.41) is 3.10. The molecule has 0 bridgehead atoms. The lowest BCUT2D eigenvalue weighted by atomic mass is 10.1. The van der Waals surface area contributed by atoms with Gasteiger partial charge >= 0.3 is 0 Å². The summed E-state index contributed by atoms with van der Waals surface area (Å²) in [6.07, 6.45) is 0. The summed E-state index contributed by atoms with van der Waals surface area (Å²) < 4.78 is 5.42. The predicted molar refractivity (Wildman–Crippen MR) is 126 cm³/mol. The van der Waals surface area contributed by atoms with E-state index in [1.807, 2.05) is 24.3 Å². The maximum atomic E-state index is 12.9. The van der Waals surface area contributed by atoms with Crippen LogP contribution in [-0.4, -0.2) is 74.7 Å². The minimum absolute atomic E-state index is 0.0590. The van der Waals surface area contributed by atoms with Crippen LogP contribution in [0.4, 0.5) is 11.4 Å². The van der Waals surface area contributed by atoms with Crippen molar-refractivity contribution in [1.82, 2.24) is 9.80 Å². The van der Waals surface area contributed by atoms with Gasteiger partial charge in [-0.15, -0.1) is 0 Å². The summed E-state index contributed by atoms with van der Waals surface area (Å²) in [4.78, 5) is 20.2. The number of benzene rings is 2. The van der Waals surface area contributed by atoms with Crippen LogP contribution in [0.1, 0.15) is 28.4 Å². The number of rotatable bonds is 6. The van der Waals surface area contributed by atoms with Gasteiger partial charge in [0.2, 0.25) is 0 Å². The molecule has 2 saturated heterocycles. The molecule has 0 aromatic heterocycles. The number of anilines is 2. The van der Waals surface area contributed by atoms with Gasteiger partial charge < -0.3 is 19.9 Å². The molecule has 0 aliphatic carbocycles. The molecule has 2 heterocycles. The van der Waals surface area contributed by atoms with E-state index in [2.05, 4.69) is 52.1 Å². The number of nitrogens with one attached hydrogen (secondary N) is 1. The Morgan fingerprint density at radius 3 is 2.45 bits per heavy atom. The maximum absolute atomic E-state index is 12.9. The highest BCUT2D eigenvalue weighted by atomic mass is 16.5. The SMILES string of the molecule is CCN1CCN(c2ccc(NC(=O)c3cccc(CN4CCOCC4)c3)c(C)c2)CC1. The monoisotopic (exact) mass is 422 g/mol. The summed E-state index contributed by atoms with van der Waals surface area (Å²) in [6, 6.07) is 14.3. The molecular weight excluding hydrogens is 388 g/mol. The zero-order valence-electron chi connectivity index (χ0n) is 18.8. The van der Waals surface area contributed by atoms with Gasteiger partial charge in [-0.1, -0.05) is 19.1 Å². The molecule has 2 aromatic rings. The van der Waals surface area contributed by atoms with Crippen molar-refractivity contribution >= 4 is 17.3 Å². The Morgan fingerprint density at radius 2 is 1.74 bits per heavy atom. The molecule has 6 heteroatoms. The Balaban J connectivity index is 1.38. The molecule has 2 fully saturated rings. The van der Waals surface area contributed by atoms with E-state index in [9.17, 15) is 4.79 Å². The predicted octanol–water partition coefficient (Wildman–Crippen LogP) is 3.22. The van der Waals surface area contributed by atoms with Crippen LogP contribution in [0.15, 0.2) is 42.5 Å². The van der Waals surface area contributed by atoms with E-state index in [-0.39, 0.29) is 5.91 Å². The first kappa shape index (κ1) is 21.8. The summed E-state index contributed by atoms with van der Waals surface area (Å²) in [5.74, 6) is -0.0590. The minimum atomic E-state index is -0.0590. The van der Waals surface area contributed by atoms with Crippen LogP contribution >= 0.6 is 0 Å². The molecule has 0 atom stereocenters. The summed E-state index contributed by atoms with van der Waals surface area (Å²) in [7, 11) is 0. The summed E-state index contributed by atoms with van der Waals surface area (Å²) in [6.45, 7) is 14.0. The Bertz CT molecular complexity index is 887. The Morgan fingerprint density at radius 1 is 0.968 bits per heavy atom. The fourth-order valence-corrected chi connectivity index (χ4v) is 4.33. The molecule has 2 aromatic carbocycles. The van der Waals surface area contributed by atoms with Gasteiger partial charge in [0.25, 0.3) is 5.91 Å². The van der Waals surface area contributed by atoms with E-state index in [1.54, 1.807) is 0 Å². The zero-order chi connectivity index (χ0) is 21.6. The lowest BCUT2D eigenvalue weighted by Crippen LogP contribution is -2.46. The molecule has 0 saturated carbocycles. The average molecular weight is 423 g/mol. The van der Waals surface area contributed by atoms with Crippen LogP contribution in [0.5, 0.6) is 0 Å². The first-order chi connectivity index (χ1) is 15.1. The number of carbonyl (C=O) groups is 1. The van der Waals surface area contributed by atoms with Gasteiger partial charge in [-0.2, -0.15) is 0 Å². The number of piperazine rings is 1. The van der Waals surface area contributed by atoms with E-state index >= 15 is 0 Å². The smallest absolute Gasteiger partial charge is 0.255 e. The van der Waals surface area contributed by atoms with Crippen molar-refractivity contribution in [2.24, 2.45) is 0 Å². The van der Waals surface area contributed by atoms with Crippen molar-refractivity contribution in [3.8, 4) is 0 Å². The number of likely N-dealkylation sites (N-methyl/N-ethyl adjacent to an activating group) is 1. The topological polar surface area (TPSA) is 48.0 Å². The fraction of sp³-hybridized carbons (Fsp3) is 0.480. The number of nitrogens with zero attached hydrogens (tertiary/aromatic N) is 3. The van der Waals surface area contributed by atoms with Crippen LogP contribution in [-0.2, 0) is 11.3 Å². The molecule has 6 nitrogen and oxygen atoms in total. The van der Waals surface area contributed by atoms with Gasteiger partial charge in [-0.25, -0.2) is 0 Å². The van der Waals surface area contributed by atoms with Crippen molar-refractivity contribution in [3.63, 3.8) is 0 Å². The van der Waals surface area contributed by atoms with E-state index in [0.29, 0.717) is 5.56 Å². The zero-order valence-corrected chi connectivity index (χ0v) is 18.8. The van der Waals surface area contributed by atoms with Crippen LogP contribution in [0, 0.1) is 6.92 Å². The van der Waals surface area contributed by atoms with Gasteiger partial charge in [0.15, 0.2) is 0 Å². The first-order valence-electron chi connectivity index (χ1n) is 11.4. The minimum Gasteiger partial charge on any atom is -0.379 e. The standard InChI is InChI=1S/C25H34N4O2/c1-3-27-9-11-29(12-10-27)23-7-8-24(20(2)17-23)26-25(30)22-6-4-5-21(18-22)19-28-13-15-31-16-14-28/h4-8,17-18H,3,9-16,19H2,1-2H3,(H,26,30). The molecule has 1 amide bonds. The number of hydrogen-bond donors (Lipinski definition) is 1. The van der Waals surface area contributed by atoms with Gasteiger partial charge in [-0.3, -0.25) is 9.69 Å². The Labute approximate surface area is 185 Å². The fourth-order valence-electron chi connectivity index (χ4n) is 4.33. The summed E-state index contributed by atoms with van der Waals surface area (Å²) >= 11 is 0. The summed E-state index contributed by atoms with van der Waals surface area (Å²) in [5.41, 5.74) is 5.06. The molecular formula is C25H34N4O2. The largest absolute Gasteiger partial charge is 0.379 e. The highest BCUT2D eigenvalue weighted by molar-refractivity contribution is 6.04. The molecule has 0 radical (unpaired) electrons. The van der Waals surface area contributed by atoms with E-state index < -0.39 is 0 Å². The van der Waals surface area contributed by atoms with Crippen LogP contribution in [0.25, 0.3) is 0 Å². The Hall–Kier alpha value is -2.41. The molecule has 2 aliphatic rings. The maximum Gasteiger partial charge on any atom is 0.255 e. The third kappa shape index (κ3) is 5.64. The molecule has 31 heavy (non-hydrogen) atoms. The third-order valence-electron chi connectivity index (χ3n) is 6.34. The number of hydrogen-bond acceptors (Lipinski definition) is 5. The number of aryl methyl sites for hydroxylation is 1. The van der Waals surface area contributed by atoms with Crippen molar-refractivity contribution in [1.29, 1.82) is 0 Å². The van der Waals surface area contributed by atoms with Crippen molar-refractivity contribution in [3.05, 3.63) is 59.2 Å². The van der Waals surface area contributed by atoms with Crippen molar-refractivity contribution in [2.45, 2.75) is 20.4 Å². The average Bonchev–Trinajstić information content (AvgIpc) is 2.81. The van der Waals surface area contributed by atoms with Crippen molar-refractivity contribution < 1.29 is 9.53 Å². The van der Waals surface area contributed by atoms with Crippen molar-refractivity contribution in [2.75, 3.05) is 69.2 Å². The van der Waals surface area contributed by atoms with E-state index in [0.717, 1.165) is 82.4 Å². The highest BCUT2D eigenvalue weighted by Crippen LogP contribution is 2.24. The second-order valence-electron chi connectivity index (χ2n) is 8.46. The number of carbonyl (C=O) groups excluding carboxylic acids is 1. The number of morpholine rings is 1. The van der Waals surface area contributed by atoms with E-state index in [1.165, 1.54) is 5.69 Å². The first-order valence-corrected chi connectivity index (χ1v) is 11.4. The van der Waals surface area contributed by atoms with Gasteiger partial charge in [0.05, 0.1) is 13.2 Å². The molecule has 1 N–H and O–H groups in total. The molecule has 166 valence electrons. The normalized spacial score (nSPS) is 18.2.